The van der Waals surface area contributed by atoms with Crippen molar-refractivity contribution in [3.8, 4) is 11.4 Å². The predicted octanol–water partition coefficient (Wildman–Crippen LogP) is 2.17. The molecule has 0 bridgehead atoms. The molecule has 0 radical (unpaired) electrons. The first-order valence-corrected chi connectivity index (χ1v) is 6.65. The highest BCUT2D eigenvalue weighted by atomic mass is 16.5. The number of carbonyl (C=O) groups is 1. The summed E-state index contributed by atoms with van der Waals surface area (Å²) in [6.07, 6.45) is 1.68. The van der Waals surface area contributed by atoms with Gasteiger partial charge in [-0.15, -0.1) is 5.10 Å². The Balaban J connectivity index is 2.48. The summed E-state index contributed by atoms with van der Waals surface area (Å²) < 4.78 is 6.73. The van der Waals surface area contributed by atoms with Gasteiger partial charge in [0.25, 0.3) is 0 Å². The minimum absolute atomic E-state index is 0.214. The van der Waals surface area contributed by atoms with E-state index in [0.717, 1.165) is 0 Å². The Morgan fingerprint density at radius 3 is 2.80 bits per heavy atom. The van der Waals surface area contributed by atoms with Gasteiger partial charge in [-0.05, 0) is 25.0 Å². The third-order valence-electron chi connectivity index (χ3n) is 2.65. The zero-order valence-corrected chi connectivity index (χ0v) is 11.9. The summed E-state index contributed by atoms with van der Waals surface area (Å²) in [5, 5.41) is 8.02. The Kier molecular flexibility index (Phi) is 4.45. The SMILES string of the molecule is CCOC(=O)c1nnn(CC(C)C)c1-c1ccccn1. The largest absolute Gasteiger partial charge is 0.461 e. The van der Waals surface area contributed by atoms with Crippen molar-refractivity contribution in [2.75, 3.05) is 6.61 Å². The number of esters is 1. The molecule has 2 aromatic rings. The van der Waals surface area contributed by atoms with Crippen LogP contribution < -0.4 is 0 Å². The second-order valence-electron chi connectivity index (χ2n) is 4.80. The molecule has 0 aromatic carbocycles. The molecule has 0 saturated heterocycles. The predicted molar refractivity (Wildman–Crippen MR) is 74.0 cm³/mol. The number of pyridine rings is 1. The molecule has 0 N–H and O–H groups in total. The number of aromatic nitrogens is 4. The van der Waals surface area contributed by atoms with Gasteiger partial charge in [0.2, 0.25) is 0 Å². The van der Waals surface area contributed by atoms with E-state index in [2.05, 4.69) is 29.1 Å². The molecule has 6 heteroatoms. The summed E-state index contributed by atoms with van der Waals surface area (Å²) in [5.74, 6) is -0.0858. The van der Waals surface area contributed by atoms with Crippen LogP contribution in [0.25, 0.3) is 11.4 Å². The van der Waals surface area contributed by atoms with Gasteiger partial charge in [-0.3, -0.25) is 4.98 Å². The van der Waals surface area contributed by atoms with E-state index >= 15 is 0 Å². The monoisotopic (exact) mass is 274 g/mol. The van der Waals surface area contributed by atoms with Crippen molar-refractivity contribution in [1.82, 2.24) is 20.0 Å². The van der Waals surface area contributed by atoms with Crippen LogP contribution in [0.2, 0.25) is 0 Å². The maximum absolute atomic E-state index is 12.0. The molecule has 2 aromatic heterocycles. The number of ether oxygens (including phenoxy) is 1. The van der Waals surface area contributed by atoms with Gasteiger partial charge < -0.3 is 4.74 Å². The van der Waals surface area contributed by atoms with Crippen LogP contribution in [-0.2, 0) is 11.3 Å². The van der Waals surface area contributed by atoms with Gasteiger partial charge in [0.05, 0.1) is 12.3 Å². The van der Waals surface area contributed by atoms with Crippen LogP contribution in [0.1, 0.15) is 31.3 Å². The minimum atomic E-state index is -0.469. The first kappa shape index (κ1) is 14.2. The van der Waals surface area contributed by atoms with Crippen molar-refractivity contribution >= 4 is 5.97 Å². The minimum Gasteiger partial charge on any atom is -0.461 e. The van der Waals surface area contributed by atoms with Gasteiger partial charge in [0.1, 0.15) is 5.69 Å². The topological polar surface area (TPSA) is 69.9 Å². The van der Waals surface area contributed by atoms with E-state index in [-0.39, 0.29) is 5.69 Å². The van der Waals surface area contributed by atoms with Crippen LogP contribution in [0.4, 0.5) is 0 Å². The quantitative estimate of drug-likeness (QED) is 0.781. The lowest BCUT2D eigenvalue weighted by Crippen LogP contribution is -2.11. The van der Waals surface area contributed by atoms with Crippen LogP contribution in [0.15, 0.2) is 24.4 Å². The van der Waals surface area contributed by atoms with E-state index in [0.29, 0.717) is 30.5 Å². The molecule has 0 saturated carbocycles. The molecule has 0 atom stereocenters. The molecule has 0 amide bonds. The maximum atomic E-state index is 12.0. The van der Waals surface area contributed by atoms with Gasteiger partial charge >= 0.3 is 5.97 Å². The Labute approximate surface area is 117 Å². The molecule has 20 heavy (non-hydrogen) atoms. The molecule has 106 valence electrons. The van der Waals surface area contributed by atoms with E-state index in [4.69, 9.17) is 4.74 Å². The third-order valence-corrected chi connectivity index (χ3v) is 2.65. The molecule has 2 heterocycles. The standard InChI is InChI=1S/C14H18N4O2/c1-4-20-14(19)12-13(11-7-5-6-8-15-11)18(17-16-12)9-10(2)3/h5-8,10H,4,9H2,1-3H3. The van der Waals surface area contributed by atoms with Crippen molar-refractivity contribution in [1.29, 1.82) is 0 Å². The summed E-state index contributed by atoms with van der Waals surface area (Å²) >= 11 is 0. The van der Waals surface area contributed by atoms with E-state index < -0.39 is 5.97 Å². The molecule has 6 nitrogen and oxygen atoms in total. The lowest BCUT2D eigenvalue weighted by molar-refractivity contribution is 0.0520. The Hall–Kier alpha value is -2.24. The molecule has 0 aliphatic rings. The fourth-order valence-corrected chi connectivity index (χ4v) is 1.88. The molecule has 0 unspecified atom stereocenters. The van der Waals surface area contributed by atoms with Crippen LogP contribution in [0.5, 0.6) is 0 Å². The molecule has 0 spiro atoms. The van der Waals surface area contributed by atoms with Crippen molar-refractivity contribution in [2.45, 2.75) is 27.3 Å². The number of rotatable bonds is 5. The molecule has 0 fully saturated rings. The van der Waals surface area contributed by atoms with E-state index in [1.54, 1.807) is 17.8 Å². The van der Waals surface area contributed by atoms with Crippen LogP contribution in [0, 0.1) is 5.92 Å². The highest BCUT2D eigenvalue weighted by Crippen LogP contribution is 2.21. The normalized spacial score (nSPS) is 10.8. The van der Waals surface area contributed by atoms with Crippen molar-refractivity contribution in [3.05, 3.63) is 30.1 Å². The van der Waals surface area contributed by atoms with E-state index in [1.165, 1.54) is 0 Å². The second-order valence-corrected chi connectivity index (χ2v) is 4.80. The van der Waals surface area contributed by atoms with E-state index in [9.17, 15) is 4.79 Å². The number of carbonyl (C=O) groups excluding carboxylic acids is 1. The Bertz CT molecular complexity index is 578. The Morgan fingerprint density at radius 2 is 2.20 bits per heavy atom. The zero-order valence-electron chi connectivity index (χ0n) is 11.9. The smallest absolute Gasteiger partial charge is 0.361 e. The van der Waals surface area contributed by atoms with Gasteiger partial charge in [0.15, 0.2) is 5.69 Å². The van der Waals surface area contributed by atoms with Crippen LogP contribution in [-0.4, -0.2) is 32.6 Å². The fourth-order valence-electron chi connectivity index (χ4n) is 1.88. The number of nitrogens with zero attached hydrogens (tertiary/aromatic N) is 4. The number of hydrogen-bond acceptors (Lipinski definition) is 5. The van der Waals surface area contributed by atoms with Crippen molar-refractivity contribution in [3.63, 3.8) is 0 Å². The summed E-state index contributed by atoms with van der Waals surface area (Å²) in [5.41, 5.74) is 1.49. The van der Waals surface area contributed by atoms with Crippen molar-refractivity contribution in [2.24, 2.45) is 5.92 Å². The maximum Gasteiger partial charge on any atom is 0.361 e. The van der Waals surface area contributed by atoms with Crippen molar-refractivity contribution < 1.29 is 9.53 Å². The van der Waals surface area contributed by atoms with Gasteiger partial charge in [0, 0.05) is 12.7 Å². The molecular formula is C14H18N4O2. The zero-order chi connectivity index (χ0) is 14.5. The lowest BCUT2D eigenvalue weighted by atomic mass is 10.2. The lowest BCUT2D eigenvalue weighted by Gasteiger charge is -2.09. The Morgan fingerprint density at radius 1 is 1.40 bits per heavy atom. The summed E-state index contributed by atoms with van der Waals surface area (Å²) in [4.78, 5) is 16.3. The molecule has 2 rings (SSSR count). The summed E-state index contributed by atoms with van der Waals surface area (Å²) in [6.45, 7) is 6.88. The van der Waals surface area contributed by atoms with Gasteiger partial charge in [-0.25, -0.2) is 9.48 Å². The second kappa shape index (κ2) is 6.27. The summed E-state index contributed by atoms with van der Waals surface area (Å²) in [6, 6.07) is 5.52. The average molecular weight is 274 g/mol. The highest BCUT2D eigenvalue weighted by Gasteiger charge is 2.23. The van der Waals surface area contributed by atoms with Gasteiger partial charge in [-0.2, -0.15) is 0 Å². The summed E-state index contributed by atoms with van der Waals surface area (Å²) in [7, 11) is 0. The molecule has 0 aliphatic carbocycles. The fraction of sp³-hybridized carbons (Fsp3) is 0.429. The first-order chi connectivity index (χ1) is 9.63. The third kappa shape index (κ3) is 3.01. The molecule has 0 aliphatic heterocycles. The first-order valence-electron chi connectivity index (χ1n) is 6.65. The number of hydrogen-bond donors (Lipinski definition) is 0. The van der Waals surface area contributed by atoms with E-state index in [1.807, 2.05) is 18.2 Å². The molecular weight excluding hydrogens is 256 g/mol. The van der Waals surface area contributed by atoms with Crippen LogP contribution in [0.3, 0.4) is 0 Å². The van der Waals surface area contributed by atoms with Gasteiger partial charge in [-0.1, -0.05) is 25.1 Å². The van der Waals surface area contributed by atoms with Crippen LogP contribution >= 0.6 is 0 Å². The average Bonchev–Trinajstić information content (AvgIpc) is 2.83. The highest BCUT2D eigenvalue weighted by molar-refractivity contribution is 5.93.